The van der Waals surface area contributed by atoms with E-state index in [4.69, 9.17) is 9.47 Å². The van der Waals surface area contributed by atoms with Gasteiger partial charge in [-0.1, -0.05) is 30.3 Å². The Hall–Kier alpha value is -2.11. The summed E-state index contributed by atoms with van der Waals surface area (Å²) in [6, 6.07) is 11.4. The van der Waals surface area contributed by atoms with Crippen molar-refractivity contribution >= 4 is 16.7 Å². The number of carbonyl (C=O) groups is 1. The number of nitrogens with one attached hydrogen (secondary N) is 1. The van der Waals surface area contributed by atoms with E-state index >= 15 is 0 Å². The van der Waals surface area contributed by atoms with Gasteiger partial charge in [0.1, 0.15) is 11.4 Å². The highest BCUT2D eigenvalue weighted by molar-refractivity contribution is 6.09. The monoisotopic (exact) mass is 317 g/mol. The number of carbonyl (C=O) groups excluding carboxylic acids is 1. The number of ether oxygens (including phenoxy) is 2. The quantitative estimate of drug-likeness (QED) is 0.822. The smallest absolute Gasteiger partial charge is 0.255 e. The lowest BCUT2D eigenvalue weighted by Gasteiger charge is -2.23. The zero-order valence-electron chi connectivity index (χ0n) is 13.8. The van der Waals surface area contributed by atoms with Crippen molar-refractivity contribution in [1.82, 2.24) is 5.32 Å². The van der Waals surface area contributed by atoms with E-state index < -0.39 is 5.60 Å². The molecule has 2 rings (SSSR count). The minimum atomic E-state index is -1.12. The van der Waals surface area contributed by atoms with Gasteiger partial charge >= 0.3 is 0 Å². The van der Waals surface area contributed by atoms with E-state index in [1.54, 1.807) is 13.0 Å². The van der Waals surface area contributed by atoms with Gasteiger partial charge in [-0.25, -0.2) is 0 Å². The first-order valence-corrected chi connectivity index (χ1v) is 7.62. The summed E-state index contributed by atoms with van der Waals surface area (Å²) in [5, 5.41) is 14.7. The number of hydrogen-bond acceptors (Lipinski definition) is 4. The van der Waals surface area contributed by atoms with Gasteiger partial charge in [-0.05, 0) is 30.7 Å². The van der Waals surface area contributed by atoms with Crippen molar-refractivity contribution < 1.29 is 19.4 Å². The molecule has 0 saturated carbocycles. The fourth-order valence-corrected chi connectivity index (χ4v) is 2.48. The lowest BCUT2D eigenvalue weighted by Crippen LogP contribution is -2.43. The van der Waals surface area contributed by atoms with Crippen LogP contribution in [0.3, 0.4) is 0 Å². The van der Waals surface area contributed by atoms with E-state index in [1.807, 2.05) is 37.3 Å². The maximum atomic E-state index is 12.7. The molecule has 0 bridgehead atoms. The molecule has 2 aromatic rings. The average Bonchev–Trinajstić information content (AvgIpc) is 2.53. The van der Waals surface area contributed by atoms with Crippen LogP contribution in [-0.2, 0) is 4.74 Å². The molecule has 0 aromatic heterocycles. The second-order valence-electron chi connectivity index (χ2n) is 5.71. The molecule has 1 unspecified atom stereocenters. The fraction of sp³-hybridized carbons (Fsp3) is 0.389. The molecule has 0 radical (unpaired) electrons. The van der Waals surface area contributed by atoms with Crippen LogP contribution in [-0.4, -0.2) is 43.5 Å². The van der Waals surface area contributed by atoms with Gasteiger partial charge in [-0.2, -0.15) is 0 Å². The van der Waals surface area contributed by atoms with Crippen molar-refractivity contribution in [3.63, 3.8) is 0 Å². The summed E-state index contributed by atoms with van der Waals surface area (Å²) in [5.74, 6) is 0.261. The van der Waals surface area contributed by atoms with Crippen molar-refractivity contribution in [2.24, 2.45) is 0 Å². The summed E-state index contributed by atoms with van der Waals surface area (Å²) in [6.07, 6.45) is 0. The Labute approximate surface area is 136 Å². The summed E-state index contributed by atoms with van der Waals surface area (Å²) in [6.45, 7) is 4.19. The molecule has 0 aliphatic rings. The van der Waals surface area contributed by atoms with E-state index in [9.17, 15) is 9.90 Å². The predicted molar refractivity (Wildman–Crippen MR) is 90.0 cm³/mol. The van der Waals surface area contributed by atoms with Crippen LogP contribution >= 0.6 is 0 Å². The van der Waals surface area contributed by atoms with Crippen LogP contribution in [0.5, 0.6) is 5.75 Å². The second-order valence-corrected chi connectivity index (χ2v) is 5.71. The summed E-state index contributed by atoms with van der Waals surface area (Å²) < 4.78 is 10.5. The maximum Gasteiger partial charge on any atom is 0.255 e. The van der Waals surface area contributed by atoms with Crippen molar-refractivity contribution in [3.8, 4) is 5.75 Å². The van der Waals surface area contributed by atoms with Gasteiger partial charge in [-0.3, -0.25) is 4.79 Å². The molecular formula is C18H23NO4. The van der Waals surface area contributed by atoms with Gasteiger partial charge in [0.05, 0.1) is 18.8 Å². The predicted octanol–water partition coefficient (Wildman–Crippen LogP) is 2.37. The number of amides is 1. The summed E-state index contributed by atoms with van der Waals surface area (Å²) in [5.41, 5.74) is -0.640. The molecule has 5 nitrogen and oxygen atoms in total. The minimum Gasteiger partial charge on any atom is -0.493 e. The molecule has 5 heteroatoms. The summed E-state index contributed by atoms with van der Waals surface area (Å²) in [7, 11) is 1.51. The molecule has 2 aromatic carbocycles. The SMILES string of the molecule is CCOc1ccc2ccccc2c1C(=O)NCC(C)(O)COC. The first-order valence-electron chi connectivity index (χ1n) is 7.62. The molecule has 124 valence electrons. The Bertz CT molecular complexity index is 682. The van der Waals surface area contributed by atoms with Crippen LogP contribution in [0, 0.1) is 0 Å². The van der Waals surface area contributed by atoms with E-state index in [-0.39, 0.29) is 19.1 Å². The van der Waals surface area contributed by atoms with Gasteiger partial charge in [0.15, 0.2) is 0 Å². The Kier molecular flexibility index (Phi) is 5.58. The number of aliphatic hydroxyl groups is 1. The van der Waals surface area contributed by atoms with Crippen LogP contribution in [0.25, 0.3) is 10.8 Å². The summed E-state index contributed by atoms with van der Waals surface area (Å²) in [4.78, 5) is 12.7. The lowest BCUT2D eigenvalue weighted by atomic mass is 10.0. The molecule has 23 heavy (non-hydrogen) atoms. The second kappa shape index (κ2) is 7.44. The maximum absolute atomic E-state index is 12.7. The molecule has 1 amide bonds. The average molecular weight is 317 g/mol. The van der Waals surface area contributed by atoms with Crippen molar-refractivity contribution in [2.45, 2.75) is 19.4 Å². The third-order valence-electron chi connectivity index (χ3n) is 3.50. The topological polar surface area (TPSA) is 67.8 Å². The van der Waals surface area contributed by atoms with Crippen LogP contribution in [0.4, 0.5) is 0 Å². The molecule has 2 N–H and O–H groups in total. The zero-order valence-corrected chi connectivity index (χ0v) is 13.8. The van der Waals surface area contributed by atoms with Gasteiger partial charge in [0.25, 0.3) is 5.91 Å². The first-order chi connectivity index (χ1) is 11.0. The van der Waals surface area contributed by atoms with Crippen molar-refractivity contribution in [2.75, 3.05) is 26.9 Å². The highest BCUT2D eigenvalue weighted by atomic mass is 16.5. The normalized spacial score (nSPS) is 13.6. The van der Waals surface area contributed by atoms with E-state index in [0.717, 1.165) is 10.8 Å². The standard InChI is InChI=1S/C18H23NO4/c1-4-23-15-10-9-13-7-5-6-8-14(13)16(15)17(20)19-11-18(2,21)12-22-3/h5-10,21H,4,11-12H2,1-3H3,(H,19,20). The number of fused-ring (bicyclic) bond motifs is 1. The van der Waals surface area contributed by atoms with E-state index in [2.05, 4.69) is 5.32 Å². The molecule has 0 heterocycles. The Morgan fingerprint density at radius 1 is 1.26 bits per heavy atom. The Morgan fingerprint density at radius 3 is 2.70 bits per heavy atom. The number of benzene rings is 2. The van der Waals surface area contributed by atoms with Crippen LogP contribution in [0.2, 0.25) is 0 Å². The van der Waals surface area contributed by atoms with E-state index in [1.165, 1.54) is 7.11 Å². The Balaban J connectivity index is 2.32. The van der Waals surface area contributed by atoms with Crippen molar-refractivity contribution in [3.05, 3.63) is 42.0 Å². The number of rotatable bonds is 7. The van der Waals surface area contributed by atoms with Crippen molar-refractivity contribution in [1.29, 1.82) is 0 Å². The van der Waals surface area contributed by atoms with Gasteiger partial charge in [-0.15, -0.1) is 0 Å². The zero-order chi connectivity index (χ0) is 16.9. The van der Waals surface area contributed by atoms with Gasteiger partial charge < -0.3 is 19.9 Å². The molecule has 1 atom stereocenters. The molecule has 0 aliphatic carbocycles. The highest BCUT2D eigenvalue weighted by Crippen LogP contribution is 2.28. The molecule has 0 fully saturated rings. The van der Waals surface area contributed by atoms with Crippen LogP contribution < -0.4 is 10.1 Å². The third-order valence-corrected chi connectivity index (χ3v) is 3.50. The summed E-state index contributed by atoms with van der Waals surface area (Å²) >= 11 is 0. The third kappa shape index (κ3) is 4.21. The minimum absolute atomic E-state index is 0.0917. The fourth-order valence-electron chi connectivity index (χ4n) is 2.48. The number of hydrogen-bond donors (Lipinski definition) is 2. The molecular weight excluding hydrogens is 294 g/mol. The van der Waals surface area contributed by atoms with Gasteiger partial charge in [0, 0.05) is 13.7 Å². The number of methoxy groups -OCH3 is 1. The first kappa shape index (κ1) is 17.2. The van der Waals surface area contributed by atoms with Crippen LogP contribution in [0.1, 0.15) is 24.2 Å². The largest absolute Gasteiger partial charge is 0.493 e. The van der Waals surface area contributed by atoms with E-state index in [0.29, 0.717) is 17.9 Å². The Morgan fingerprint density at radius 2 is 2.00 bits per heavy atom. The highest BCUT2D eigenvalue weighted by Gasteiger charge is 2.23. The van der Waals surface area contributed by atoms with Crippen LogP contribution in [0.15, 0.2) is 36.4 Å². The molecule has 0 spiro atoms. The lowest BCUT2D eigenvalue weighted by molar-refractivity contribution is -0.0147. The molecule has 0 aliphatic heterocycles. The van der Waals surface area contributed by atoms with Gasteiger partial charge in [0.2, 0.25) is 0 Å². The molecule has 0 saturated heterocycles.